The molecule has 15 heavy (non-hydrogen) atoms. The molecule has 1 rings (SSSR count). The lowest BCUT2D eigenvalue weighted by atomic mass is 9.96. The first kappa shape index (κ1) is 14.4. The van der Waals surface area contributed by atoms with Gasteiger partial charge >= 0.3 is 0 Å². The van der Waals surface area contributed by atoms with Gasteiger partial charge in [0.05, 0.1) is 0 Å². The summed E-state index contributed by atoms with van der Waals surface area (Å²) >= 11 is 0. The molecular formula is C13H26N2. The van der Waals surface area contributed by atoms with Gasteiger partial charge in [-0.05, 0) is 38.9 Å². The topological polar surface area (TPSA) is 15.6 Å². The van der Waals surface area contributed by atoms with Crippen molar-refractivity contribution >= 4 is 6.21 Å². The number of hydrogen-bond acceptors (Lipinski definition) is 2. The Labute approximate surface area is 95.1 Å². The van der Waals surface area contributed by atoms with Crippen LogP contribution < -0.4 is 0 Å². The second-order valence-corrected chi connectivity index (χ2v) is 3.67. The van der Waals surface area contributed by atoms with Gasteiger partial charge < -0.3 is 0 Å². The molecule has 1 aliphatic rings. The van der Waals surface area contributed by atoms with Gasteiger partial charge in [0.1, 0.15) is 0 Å². The maximum atomic E-state index is 4.10. The van der Waals surface area contributed by atoms with E-state index in [1.807, 2.05) is 27.1 Å². The molecule has 2 heteroatoms. The monoisotopic (exact) mass is 210 g/mol. The van der Waals surface area contributed by atoms with E-state index in [2.05, 4.69) is 29.9 Å². The summed E-state index contributed by atoms with van der Waals surface area (Å²) in [5.74, 6) is 0. The molecule has 0 aromatic carbocycles. The smallest absolute Gasteiger partial charge is 0.0356 e. The minimum absolute atomic E-state index is 0.599. The van der Waals surface area contributed by atoms with Crippen LogP contribution in [0.1, 0.15) is 40.0 Å². The molecule has 1 aliphatic heterocycles. The van der Waals surface area contributed by atoms with Gasteiger partial charge in [-0.2, -0.15) is 0 Å². The first-order valence-corrected chi connectivity index (χ1v) is 6.08. The van der Waals surface area contributed by atoms with Crippen LogP contribution in [0.3, 0.4) is 0 Å². The lowest BCUT2D eigenvalue weighted by Crippen LogP contribution is -2.37. The van der Waals surface area contributed by atoms with Crippen molar-refractivity contribution in [3.05, 3.63) is 11.6 Å². The molecule has 0 N–H and O–H groups in total. The van der Waals surface area contributed by atoms with Crippen molar-refractivity contribution in [2.24, 2.45) is 4.99 Å². The summed E-state index contributed by atoms with van der Waals surface area (Å²) in [6.07, 6.45) is 8.14. The lowest BCUT2D eigenvalue weighted by molar-refractivity contribution is 0.217. The van der Waals surface area contributed by atoms with Gasteiger partial charge in [-0.25, -0.2) is 0 Å². The maximum Gasteiger partial charge on any atom is 0.0356 e. The minimum atomic E-state index is 0.599. The zero-order chi connectivity index (χ0) is 11.7. The van der Waals surface area contributed by atoms with Crippen molar-refractivity contribution in [3.63, 3.8) is 0 Å². The van der Waals surface area contributed by atoms with Crippen molar-refractivity contribution in [1.29, 1.82) is 0 Å². The normalized spacial score (nSPS) is 23.8. The van der Waals surface area contributed by atoms with Crippen LogP contribution in [0.2, 0.25) is 0 Å². The highest BCUT2D eigenvalue weighted by Crippen LogP contribution is 2.20. The van der Waals surface area contributed by atoms with E-state index >= 15 is 0 Å². The van der Waals surface area contributed by atoms with Crippen LogP contribution in [0.4, 0.5) is 0 Å². The fourth-order valence-electron chi connectivity index (χ4n) is 2.00. The average molecular weight is 210 g/mol. The molecule has 0 aromatic rings. The molecule has 88 valence electrons. The molecule has 0 saturated carbocycles. The molecule has 1 fully saturated rings. The summed E-state index contributed by atoms with van der Waals surface area (Å²) in [6.45, 7) is 7.32. The van der Waals surface area contributed by atoms with Crippen molar-refractivity contribution in [1.82, 2.24) is 4.90 Å². The van der Waals surface area contributed by atoms with Crippen LogP contribution >= 0.6 is 0 Å². The standard InChI is InChI=1S/C11H20N2.C2H6/c1-4-10(9-12-2)11-7-5-6-8-13(11)3;1-2/h4,9,11H,5-8H2,1-3H3;1-2H3/b10-4+,12-9?;. The Kier molecular flexibility index (Phi) is 8.30. The highest BCUT2D eigenvalue weighted by Gasteiger charge is 2.20. The summed E-state index contributed by atoms with van der Waals surface area (Å²) in [7, 11) is 4.04. The molecule has 0 aliphatic carbocycles. The zero-order valence-electron chi connectivity index (χ0n) is 11.0. The number of hydrogen-bond donors (Lipinski definition) is 0. The predicted octanol–water partition coefficient (Wildman–Crippen LogP) is 3.14. The largest absolute Gasteiger partial charge is 0.299 e. The van der Waals surface area contributed by atoms with E-state index in [-0.39, 0.29) is 0 Å². The summed E-state index contributed by atoms with van der Waals surface area (Å²) in [4.78, 5) is 6.53. The second kappa shape index (κ2) is 8.66. The van der Waals surface area contributed by atoms with Crippen LogP contribution in [0.25, 0.3) is 0 Å². The third-order valence-electron chi connectivity index (χ3n) is 2.77. The predicted molar refractivity (Wildman–Crippen MR) is 69.8 cm³/mol. The SMILES string of the molecule is C/C=C(\C=NC)C1CCCCN1C.CC. The number of rotatable bonds is 2. The molecular weight excluding hydrogens is 184 g/mol. The molecule has 0 spiro atoms. The van der Waals surface area contributed by atoms with E-state index in [1.165, 1.54) is 31.4 Å². The third-order valence-corrected chi connectivity index (χ3v) is 2.77. The minimum Gasteiger partial charge on any atom is -0.299 e. The number of piperidine rings is 1. The number of likely N-dealkylation sites (tertiary alicyclic amines) is 1. The first-order valence-electron chi connectivity index (χ1n) is 6.08. The van der Waals surface area contributed by atoms with E-state index < -0.39 is 0 Å². The Bertz CT molecular complexity index is 207. The molecule has 1 saturated heterocycles. The molecule has 0 amide bonds. The Morgan fingerprint density at radius 3 is 2.47 bits per heavy atom. The summed E-state index contributed by atoms with van der Waals surface area (Å²) in [6, 6.07) is 0.599. The molecule has 0 aromatic heterocycles. The number of likely N-dealkylation sites (N-methyl/N-ethyl adjacent to an activating group) is 1. The van der Waals surface area contributed by atoms with Gasteiger partial charge in [0.25, 0.3) is 0 Å². The van der Waals surface area contributed by atoms with Crippen LogP contribution in [-0.2, 0) is 0 Å². The summed E-state index contributed by atoms with van der Waals surface area (Å²) < 4.78 is 0. The average Bonchev–Trinajstić information content (AvgIpc) is 2.30. The van der Waals surface area contributed by atoms with Gasteiger partial charge in [0.2, 0.25) is 0 Å². The first-order chi connectivity index (χ1) is 7.29. The Hall–Kier alpha value is -0.630. The van der Waals surface area contributed by atoms with Crippen molar-refractivity contribution < 1.29 is 0 Å². The summed E-state index contributed by atoms with van der Waals surface area (Å²) in [5, 5.41) is 0. The molecule has 2 nitrogen and oxygen atoms in total. The van der Waals surface area contributed by atoms with Crippen LogP contribution in [0, 0.1) is 0 Å². The molecule has 0 bridgehead atoms. The molecule has 1 heterocycles. The Morgan fingerprint density at radius 2 is 2.00 bits per heavy atom. The van der Waals surface area contributed by atoms with E-state index in [0.29, 0.717) is 6.04 Å². The Morgan fingerprint density at radius 1 is 1.33 bits per heavy atom. The maximum absolute atomic E-state index is 4.10. The highest BCUT2D eigenvalue weighted by molar-refractivity contribution is 5.79. The Balaban J connectivity index is 0.000000921. The van der Waals surface area contributed by atoms with Crippen molar-refractivity contribution in [2.45, 2.75) is 46.1 Å². The van der Waals surface area contributed by atoms with Gasteiger partial charge in [0, 0.05) is 19.3 Å². The molecule has 0 radical (unpaired) electrons. The number of nitrogens with zero attached hydrogens (tertiary/aromatic N) is 2. The fourth-order valence-corrected chi connectivity index (χ4v) is 2.00. The van der Waals surface area contributed by atoms with Crippen LogP contribution in [0.15, 0.2) is 16.6 Å². The van der Waals surface area contributed by atoms with Gasteiger partial charge in [-0.15, -0.1) is 0 Å². The van der Waals surface area contributed by atoms with Crippen molar-refractivity contribution in [3.8, 4) is 0 Å². The highest BCUT2D eigenvalue weighted by atomic mass is 15.1. The zero-order valence-corrected chi connectivity index (χ0v) is 11.0. The molecule has 1 unspecified atom stereocenters. The van der Waals surface area contributed by atoms with Gasteiger partial charge in [0.15, 0.2) is 0 Å². The van der Waals surface area contributed by atoms with Gasteiger partial charge in [-0.3, -0.25) is 9.89 Å². The number of allylic oxidation sites excluding steroid dienone is 1. The van der Waals surface area contributed by atoms with E-state index in [9.17, 15) is 0 Å². The third kappa shape index (κ3) is 4.61. The lowest BCUT2D eigenvalue weighted by Gasteiger charge is -2.33. The fraction of sp³-hybridized carbons (Fsp3) is 0.769. The van der Waals surface area contributed by atoms with E-state index in [4.69, 9.17) is 0 Å². The molecule has 1 atom stereocenters. The second-order valence-electron chi connectivity index (χ2n) is 3.67. The summed E-state index contributed by atoms with van der Waals surface area (Å²) in [5.41, 5.74) is 1.37. The van der Waals surface area contributed by atoms with Crippen molar-refractivity contribution in [2.75, 3.05) is 20.6 Å². The number of aliphatic imine (C=N–C) groups is 1. The van der Waals surface area contributed by atoms with E-state index in [0.717, 1.165) is 0 Å². The van der Waals surface area contributed by atoms with E-state index in [1.54, 1.807) is 0 Å². The van der Waals surface area contributed by atoms with Gasteiger partial charge in [-0.1, -0.05) is 26.3 Å². The van der Waals surface area contributed by atoms with Crippen LogP contribution in [0.5, 0.6) is 0 Å². The van der Waals surface area contributed by atoms with Crippen LogP contribution in [-0.4, -0.2) is 37.8 Å². The quantitative estimate of drug-likeness (QED) is 0.639.